The minimum Gasteiger partial charge on any atom is -0.497 e. The molecule has 2 atom stereocenters. The normalized spacial score (nSPS) is 20.1. The third kappa shape index (κ3) is 5.16. The number of carbonyl (C=O) groups excluding carboxylic acids is 1. The molecule has 3 aromatic rings. The number of aromatic nitrogens is 1. The zero-order valence-corrected chi connectivity index (χ0v) is 21.3. The lowest BCUT2D eigenvalue weighted by Gasteiger charge is -2.29. The summed E-state index contributed by atoms with van der Waals surface area (Å²) in [7, 11) is 3.33. The molecule has 0 spiro atoms. The first-order chi connectivity index (χ1) is 17.7. The van der Waals surface area contributed by atoms with Gasteiger partial charge in [-0.25, -0.2) is 9.99 Å². The molecule has 1 fully saturated rings. The molecule has 2 unspecified atom stereocenters. The molecule has 1 amide bonds. The van der Waals surface area contributed by atoms with Gasteiger partial charge >= 0.3 is 0 Å². The maximum absolute atomic E-state index is 13.5. The van der Waals surface area contributed by atoms with Crippen LogP contribution in [0.15, 0.2) is 88.6 Å². The molecule has 1 aliphatic carbocycles. The molecular weight excluding hydrogens is 470 g/mol. The standard InChI is InChI=1S/C29H29N3O3S/c1-34-23-13-9-20(10-14-23)18-22-6-5-7-25-28(22)31-32(27(33)19-36-26-8-3-4-17-30-26)29(25)21-11-15-24(35-2)16-12-21/h3-4,8-18,25,29H,5-7,19H2,1-2H3/b22-18-. The topological polar surface area (TPSA) is 64.0 Å². The average Bonchev–Trinajstić information content (AvgIpc) is 3.33. The van der Waals surface area contributed by atoms with Crippen LogP contribution in [0.2, 0.25) is 0 Å². The first-order valence-electron chi connectivity index (χ1n) is 12.1. The van der Waals surface area contributed by atoms with Gasteiger partial charge in [0.05, 0.1) is 36.8 Å². The Morgan fingerprint density at radius 1 is 1.03 bits per heavy atom. The van der Waals surface area contributed by atoms with Crippen LogP contribution in [0.1, 0.15) is 36.4 Å². The molecule has 0 bridgehead atoms. The summed E-state index contributed by atoms with van der Waals surface area (Å²) in [5.41, 5.74) is 4.39. The van der Waals surface area contributed by atoms with Crippen LogP contribution in [-0.4, -0.2) is 41.6 Å². The van der Waals surface area contributed by atoms with Crippen LogP contribution in [0.25, 0.3) is 6.08 Å². The molecule has 1 aliphatic heterocycles. The molecular formula is C29H29N3O3S. The number of benzene rings is 2. The highest BCUT2D eigenvalue weighted by molar-refractivity contribution is 7.99. The van der Waals surface area contributed by atoms with Crippen LogP contribution in [0.5, 0.6) is 11.5 Å². The van der Waals surface area contributed by atoms with E-state index in [9.17, 15) is 4.79 Å². The van der Waals surface area contributed by atoms with Crippen LogP contribution >= 0.6 is 11.8 Å². The predicted molar refractivity (Wildman–Crippen MR) is 143 cm³/mol. The van der Waals surface area contributed by atoms with E-state index in [0.29, 0.717) is 0 Å². The number of allylic oxidation sites excluding steroid dienone is 1. The van der Waals surface area contributed by atoms with Gasteiger partial charge < -0.3 is 9.47 Å². The Morgan fingerprint density at radius 2 is 1.75 bits per heavy atom. The Labute approximate surface area is 216 Å². The maximum atomic E-state index is 13.5. The molecule has 184 valence electrons. The molecule has 1 aromatic heterocycles. The number of methoxy groups -OCH3 is 2. The van der Waals surface area contributed by atoms with E-state index >= 15 is 0 Å². The lowest BCUT2D eigenvalue weighted by Crippen LogP contribution is -2.32. The number of pyridine rings is 1. The second-order valence-corrected chi connectivity index (χ2v) is 9.84. The molecule has 2 heterocycles. The highest BCUT2D eigenvalue weighted by Gasteiger charge is 2.43. The second kappa shape index (κ2) is 11.0. The third-order valence-electron chi connectivity index (χ3n) is 6.65. The van der Waals surface area contributed by atoms with Crippen molar-refractivity contribution in [3.05, 3.63) is 89.6 Å². The zero-order chi connectivity index (χ0) is 24.9. The van der Waals surface area contributed by atoms with Crippen LogP contribution in [0, 0.1) is 5.92 Å². The van der Waals surface area contributed by atoms with Gasteiger partial charge in [0.2, 0.25) is 0 Å². The van der Waals surface area contributed by atoms with E-state index in [2.05, 4.69) is 35.3 Å². The molecule has 0 radical (unpaired) electrons. The van der Waals surface area contributed by atoms with Crippen molar-refractivity contribution >= 4 is 29.5 Å². The van der Waals surface area contributed by atoms with Crippen molar-refractivity contribution in [2.75, 3.05) is 20.0 Å². The molecule has 5 rings (SSSR count). The van der Waals surface area contributed by atoms with Crippen LogP contribution in [0.3, 0.4) is 0 Å². The third-order valence-corrected chi connectivity index (χ3v) is 7.58. The molecule has 1 saturated carbocycles. The van der Waals surface area contributed by atoms with Gasteiger partial charge in [-0.3, -0.25) is 4.79 Å². The lowest BCUT2D eigenvalue weighted by molar-refractivity contribution is -0.130. The summed E-state index contributed by atoms with van der Waals surface area (Å²) in [5.74, 6) is 2.05. The van der Waals surface area contributed by atoms with Crippen molar-refractivity contribution < 1.29 is 14.3 Å². The Bertz CT molecular complexity index is 1260. The quantitative estimate of drug-likeness (QED) is 0.372. The number of fused-ring (bicyclic) bond motifs is 1. The van der Waals surface area contributed by atoms with Crippen LogP contribution in [0.4, 0.5) is 0 Å². The molecule has 36 heavy (non-hydrogen) atoms. The molecule has 2 aliphatic rings. The number of thioether (sulfide) groups is 1. The van der Waals surface area contributed by atoms with Gasteiger partial charge in [-0.1, -0.05) is 42.1 Å². The van der Waals surface area contributed by atoms with Gasteiger partial charge in [-0.2, -0.15) is 5.10 Å². The number of hydrazone groups is 1. The van der Waals surface area contributed by atoms with Crippen molar-refractivity contribution in [2.45, 2.75) is 30.3 Å². The van der Waals surface area contributed by atoms with Crippen molar-refractivity contribution in [1.82, 2.24) is 9.99 Å². The molecule has 7 heteroatoms. The fourth-order valence-corrected chi connectivity index (χ4v) is 5.59. The highest BCUT2D eigenvalue weighted by Crippen LogP contribution is 2.45. The number of carbonyl (C=O) groups is 1. The Hall–Kier alpha value is -3.58. The summed E-state index contributed by atoms with van der Waals surface area (Å²) in [6.07, 6.45) is 6.94. The van der Waals surface area contributed by atoms with E-state index < -0.39 is 0 Å². The van der Waals surface area contributed by atoms with Gasteiger partial charge in [-0.05, 0) is 78.4 Å². The van der Waals surface area contributed by atoms with Gasteiger partial charge in [0.25, 0.3) is 5.91 Å². The van der Waals surface area contributed by atoms with E-state index in [1.54, 1.807) is 25.4 Å². The second-order valence-electron chi connectivity index (χ2n) is 8.84. The van der Waals surface area contributed by atoms with Crippen LogP contribution < -0.4 is 9.47 Å². The number of amides is 1. The Morgan fingerprint density at radius 3 is 2.42 bits per heavy atom. The first-order valence-corrected chi connectivity index (χ1v) is 13.1. The SMILES string of the molecule is COc1ccc(/C=C2/CCCC3C2=NN(C(=O)CSc2ccccn2)C3c2ccc(OC)cc2)cc1. The fraction of sp³-hybridized carbons (Fsp3) is 0.276. The summed E-state index contributed by atoms with van der Waals surface area (Å²) in [6, 6.07) is 21.6. The number of hydrogen-bond donors (Lipinski definition) is 0. The predicted octanol–water partition coefficient (Wildman–Crippen LogP) is 6.01. The molecule has 0 saturated heterocycles. The number of rotatable bonds is 7. The Balaban J connectivity index is 1.46. The minimum absolute atomic E-state index is 0.0165. The van der Waals surface area contributed by atoms with Crippen LogP contribution in [-0.2, 0) is 4.79 Å². The average molecular weight is 500 g/mol. The number of ether oxygens (including phenoxy) is 2. The molecule has 0 N–H and O–H groups in total. The van der Waals surface area contributed by atoms with E-state index in [0.717, 1.165) is 52.6 Å². The fourth-order valence-electron chi connectivity index (χ4n) is 4.88. The monoisotopic (exact) mass is 499 g/mol. The first kappa shape index (κ1) is 24.1. The van der Waals surface area contributed by atoms with Gasteiger partial charge in [0, 0.05) is 12.1 Å². The van der Waals surface area contributed by atoms with Crippen molar-refractivity contribution in [3.8, 4) is 11.5 Å². The Kier molecular flexibility index (Phi) is 7.37. The van der Waals surface area contributed by atoms with Gasteiger partial charge in [0.15, 0.2) is 0 Å². The zero-order valence-electron chi connectivity index (χ0n) is 20.5. The maximum Gasteiger partial charge on any atom is 0.253 e. The van der Waals surface area contributed by atoms with E-state index in [-0.39, 0.29) is 23.6 Å². The summed E-state index contributed by atoms with van der Waals surface area (Å²) in [6.45, 7) is 0. The minimum atomic E-state index is -0.137. The van der Waals surface area contributed by atoms with Gasteiger partial charge in [-0.15, -0.1) is 0 Å². The number of hydrogen-bond acceptors (Lipinski definition) is 6. The summed E-state index contributed by atoms with van der Waals surface area (Å²) in [5, 5.41) is 7.52. The highest BCUT2D eigenvalue weighted by atomic mass is 32.2. The summed E-state index contributed by atoms with van der Waals surface area (Å²) < 4.78 is 10.7. The largest absolute Gasteiger partial charge is 0.497 e. The van der Waals surface area contributed by atoms with Crippen molar-refractivity contribution in [2.24, 2.45) is 11.0 Å². The van der Waals surface area contributed by atoms with E-state index in [1.165, 1.54) is 17.3 Å². The molecule has 6 nitrogen and oxygen atoms in total. The van der Waals surface area contributed by atoms with Crippen molar-refractivity contribution in [3.63, 3.8) is 0 Å². The number of nitrogens with zero attached hydrogens (tertiary/aromatic N) is 3. The molecule has 2 aromatic carbocycles. The van der Waals surface area contributed by atoms with E-state index in [4.69, 9.17) is 14.6 Å². The van der Waals surface area contributed by atoms with E-state index in [1.807, 2.05) is 42.5 Å². The van der Waals surface area contributed by atoms with Crippen molar-refractivity contribution in [1.29, 1.82) is 0 Å². The lowest BCUT2D eigenvalue weighted by atomic mass is 9.77. The summed E-state index contributed by atoms with van der Waals surface area (Å²) in [4.78, 5) is 17.9. The smallest absolute Gasteiger partial charge is 0.253 e. The summed E-state index contributed by atoms with van der Waals surface area (Å²) >= 11 is 1.44. The van der Waals surface area contributed by atoms with Gasteiger partial charge in [0.1, 0.15) is 11.5 Å².